The molecule has 1 nitrogen and oxygen atoms in total. The maximum atomic E-state index is 3.57. The first-order chi connectivity index (χ1) is 9.20. The lowest BCUT2D eigenvalue weighted by Crippen LogP contribution is -2.12. The van der Waals surface area contributed by atoms with Gasteiger partial charge in [-0.1, -0.05) is 29.3 Å². The SMILES string of the molecule is Cc1cc(C)cc(CNCc2cc3c(s2)CCC3)c1. The molecule has 0 spiro atoms. The summed E-state index contributed by atoms with van der Waals surface area (Å²) in [7, 11) is 0. The molecule has 1 aromatic heterocycles. The van der Waals surface area contributed by atoms with E-state index in [-0.39, 0.29) is 0 Å². The van der Waals surface area contributed by atoms with Crippen molar-refractivity contribution in [2.24, 2.45) is 0 Å². The Hall–Kier alpha value is -1.12. The summed E-state index contributed by atoms with van der Waals surface area (Å²) in [5.74, 6) is 0. The molecule has 0 unspecified atom stereocenters. The number of aryl methyl sites for hydroxylation is 4. The largest absolute Gasteiger partial charge is 0.308 e. The summed E-state index contributed by atoms with van der Waals surface area (Å²) < 4.78 is 0. The van der Waals surface area contributed by atoms with Gasteiger partial charge in [0.05, 0.1) is 0 Å². The average molecular weight is 271 g/mol. The van der Waals surface area contributed by atoms with Gasteiger partial charge in [-0.15, -0.1) is 11.3 Å². The van der Waals surface area contributed by atoms with Crippen LogP contribution < -0.4 is 5.32 Å². The van der Waals surface area contributed by atoms with E-state index in [9.17, 15) is 0 Å². The molecule has 1 aromatic carbocycles. The Balaban J connectivity index is 1.57. The number of nitrogens with one attached hydrogen (secondary N) is 1. The van der Waals surface area contributed by atoms with E-state index in [0.717, 1.165) is 13.1 Å². The number of benzene rings is 1. The highest BCUT2D eigenvalue weighted by Gasteiger charge is 2.14. The van der Waals surface area contributed by atoms with Crippen LogP contribution >= 0.6 is 11.3 Å². The van der Waals surface area contributed by atoms with Crippen LogP contribution in [-0.2, 0) is 25.9 Å². The van der Waals surface area contributed by atoms with Gasteiger partial charge in [0.2, 0.25) is 0 Å². The molecule has 3 rings (SSSR count). The first-order valence-corrected chi connectivity index (χ1v) is 7.91. The molecule has 0 saturated carbocycles. The zero-order valence-corrected chi connectivity index (χ0v) is 12.6. The second kappa shape index (κ2) is 5.48. The van der Waals surface area contributed by atoms with Crippen LogP contribution in [0.1, 0.15) is 38.4 Å². The van der Waals surface area contributed by atoms with Gasteiger partial charge in [0.1, 0.15) is 0 Å². The fourth-order valence-electron chi connectivity index (χ4n) is 2.98. The molecule has 0 aliphatic heterocycles. The zero-order valence-electron chi connectivity index (χ0n) is 11.8. The van der Waals surface area contributed by atoms with E-state index in [1.54, 1.807) is 10.4 Å². The Morgan fingerprint density at radius 1 is 1.00 bits per heavy atom. The molecule has 100 valence electrons. The lowest BCUT2D eigenvalue weighted by atomic mass is 10.1. The third-order valence-corrected chi connectivity index (χ3v) is 4.94. The van der Waals surface area contributed by atoms with Crippen LogP contribution in [-0.4, -0.2) is 0 Å². The maximum Gasteiger partial charge on any atom is 0.0303 e. The van der Waals surface area contributed by atoms with Crippen molar-refractivity contribution in [1.29, 1.82) is 0 Å². The van der Waals surface area contributed by atoms with Gasteiger partial charge in [0.25, 0.3) is 0 Å². The summed E-state index contributed by atoms with van der Waals surface area (Å²) in [4.78, 5) is 3.12. The van der Waals surface area contributed by atoms with Gasteiger partial charge in [0, 0.05) is 22.8 Å². The Labute approximate surface area is 119 Å². The summed E-state index contributed by atoms with van der Waals surface area (Å²) in [6.07, 6.45) is 3.96. The van der Waals surface area contributed by atoms with Gasteiger partial charge in [-0.3, -0.25) is 0 Å². The normalized spacial score (nSPS) is 13.8. The molecule has 0 atom stereocenters. The number of hydrogen-bond acceptors (Lipinski definition) is 2. The van der Waals surface area contributed by atoms with Crippen LogP contribution in [0.25, 0.3) is 0 Å². The summed E-state index contributed by atoms with van der Waals surface area (Å²) >= 11 is 2.00. The van der Waals surface area contributed by atoms with Crippen molar-refractivity contribution in [3.8, 4) is 0 Å². The van der Waals surface area contributed by atoms with Crippen molar-refractivity contribution in [3.05, 3.63) is 56.3 Å². The van der Waals surface area contributed by atoms with Crippen LogP contribution in [0.3, 0.4) is 0 Å². The maximum absolute atomic E-state index is 3.57. The molecule has 0 radical (unpaired) electrons. The molecule has 1 N–H and O–H groups in total. The van der Waals surface area contributed by atoms with Gasteiger partial charge in [0.15, 0.2) is 0 Å². The Kier molecular flexibility index (Phi) is 3.72. The average Bonchev–Trinajstić information content (AvgIpc) is 2.88. The Morgan fingerprint density at radius 3 is 2.53 bits per heavy atom. The lowest BCUT2D eigenvalue weighted by Gasteiger charge is -2.06. The van der Waals surface area contributed by atoms with E-state index < -0.39 is 0 Å². The number of fused-ring (bicyclic) bond motifs is 1. The van der Waals surface area contributed by atoms with E-state index in [4.69, 9.17) is 0 Å². The van der Waals surface area contributed by atoms with Gasteiger partial charge < -0.3 is 5.32 Å². The van der Waals surface area contributed by atoms with E-state index in [2.05, 4.69) is 43.4 Å². The summed E-state index contributed by atoms with van der Waals surface area (Å²) in [6, 6.07) is 9.18. The molecule has 2 aromatic rings. The number of thiophene rings is 1. The van der Waals surface area contributed by atoms with Crippen molar-refractivity contribution in [3.63, 3.8) is 0 Å². The third kappa shape index (κ3) is 3.07. The predicted molar refractivity (Wildman–Crippen MR) is 82.8 cm³/mol. The molecule has 1 heterocycles. The van der Waals surface area contributed by atoms with Gasteiger partial charge in [-0.2, -0.15) is 0 Å². The van der Waals surface area contributed by atoms with Crippen LogP contribution in [0, 0.1) is 13.8 Å². The molecule has 1 aliphatic carbocycles. The van der Waals surface area contributed by atoms with Crippen molar-refractivity contribution in [2.45, 2.75) is 46.2 Å². The van der Waals surface area contributed by atoms with Crippen molar-refractivity contribution in [2.75, 3.05) is 0 Å². The van der Waals surface area contributed by atoms with Crippen molar-refractivity contribution in [1.82, 2.24) is 5.32 Å². The first kappa shape index (κ1) is 12.9. The quantitative estimate of drug-likeness (QED) is 0.881. The van der Waals surface area contributed by atoms with Crippen LogP contribution in [0.5, 0.6) is 0 Å². The molecule has 0 amide bonds. The molecule has 0 saturated heterocycles. The van der Waals surface area contributed by atoms with Gasteiger partial charge >= 0.3 is 0 Å². The smallest absolute Gasteiger partial charge is 0.0303 e. The van der Waals surface area contributed by atoms with Crippen LogP contribution in [0.15, 0.2) is 24.3 Å². The Morgan fingerprint density at radius 2 is 1.79 bits per heavy atom. The highest BCUT2D eigenvalue weighted by Crippen LogP contribution is 2.30. The van der Waals surface area contributed by atoms with Crippen molar-refractivity contribution < 1.29 is 0 Å². The van der Waals surface area contributed by atoms with Gasteiger partial charge in [-0.05, 0) is 50.3 Å². The molecule has 19 heavy (non-hydrogen) atoms. The Bertz CT molecular complexity index is 541. The minimum Gasteiger partial charge on any atom is -0.308 e. The topological polar surface area (TPSA) is 12.0 Å². The fraction of sp³-hybridized carbons (Fsp3) is 0.412. The predicted octanol–water partition coefficient (Wildman–Crippen LogP) is 4.14. The van der Waals surface area contributed by atoms with E-state index in [1.165, 1.54) is 40.8 Å². The zero-order chi connectivity index (χ0) is 13.2. The minimum atomic E-state index is 0.963. The molecular weight excluding hydrogens is 250 g/mol. The van der Waals surface area contributed by atoms with E-state index in [0.29, 0.717) is 0 Å². The number of rotatable bonds is 4. The highest BCUT2D eigenvalue weighted by molar-refractivity contribution is 7.12. The first-order valence-electron chi connectivity index (χ1n) is 7.09. The fourth-order valence-corrected chi connectivity index (χ4v) is 4.21. The molecule has 0 fully saturated rings. The monoisotopic (exact) mass is 271 g/mol. The summed E-state index contributed by atoms with van der Waals surface area (Å²) in [5, 5.41) is 3.57. The standard InChI is InChI=1S/C17H21NS/c1-12-6-13(2)8-14(7-12)10-18-11-16-9-15-4-3-5-17(15)19-16/h6-9,18H,3-5,10-11H2,1-2H3. The van der Waals surface area contributed by atoms with E-state index >= 15 is 0 Å². The molecule has 0 bridgehead atoms. The lowest BCUT2D eigenvalue weighted by molar-refractivity contribution is 0.699. The second-order valence-electron chi connectivity index (χ2n) is 5.61. The van der Waals surface area contributed by atoms with Crippen LogP contribution in [0.4, 0.5) is 0 Å². The highest BCUT2D eigenvalue weighted by atomic mass is 32.1. The molecule has 1 aliphatic rings. The van der Waals surface area contributed by atoms with Crippen molar-refractivity contribution >= 4 is 11.3 Å². The summed E-state index contributed by atoms with van der Waals surface area (Å²) in [6.45, 7) is 6.30. The third-order valence-electron chi connectivity index (χ3n) is 3.71. The van der Waals surface area contributed by atoms with E-state index in [1.807, 2.05) is 11.3 Å². The second-order valence-corrected chi connectivity index (χ2v) is 6.84. The molecule has 2 heteroatoms. The van der Waals surface area contributed by atoms with Gasteiger partial charge in [-0.25, -0.2) is 0 Å². The number of hydrogen-bond donors (Lipinski definition) is 1. The summed E-state index contributed by atoms with van der Waals surface area (Å²) in [5.41, 5.74) is 5.70. The van der Waals surface area contributed by atoms with Crippen LogP contribution in [0.2, 0.25) is 0 Å². The molecular formula is C17H21NS. The minimum absolute atomic E-state index is 0.963.